The van der Waals surface area contributed by atoms with Gasteiger partial charge in [0.1, 0.15) is 5.82 Å². The summed E-state index contributed by atoms with van der Waals surface area (Å²) in [5.74, 6) is -1.84. The highest BCUT2D eigenvalue weighted by Crippen LogP contribution is 2.31. The van der Waals surface area contributed by atoms with Crippen molar-refractivity contribution in [3.05, 3.63) is 65.5 Å². The van der Waals surface area contributed by atoms with E-state index in [0.29, 0.717) is 23.4 Å². The molecule has 0 N–H and O–H groups in total. The van der Waals surface area contributed by atoms with Gasteiger partial charge in [-0.2, -0.15) is 0 Å². The quantitative estimate of drug-likeness (QED) is 0.418. The van der Waals surface area contributed by atoms with Crippen LogP contribution < -0.4 is 4.90 Å². The second-order valence-corrected chi connectivity index (χ2v) is 7.38. The molecular formula is C23H24FN3O3. The van der Waals surface area contributed by atoms with Gasteiger partial charge in [-0.05, 0) is 42.3 Å². The lowest BCUT2D eigenvalue weighted by Gasteiger charge is -2.31. The molecule has 2 aromatic rings. The molecule has 0 spiro atoms. The van der Waals surface area contributed by atoms with Gasteiger partial charge < -0.3 is 4.74 Å². The summed E-state index contributed by atoms with van der Waals surface area (Å²) in [7, 11) is 0. The number of morpholine rings is 1. The fraction of sp³-hybridized carbons (Fsp3) is 0.348. The third-order valence-corrected chi connectivity index (χ3v) is 5.42. The summed E-state index contributed by atoms with van der Waals surface area (Å²) in [5, 5.41) is 0. The smallest absolute Gasteiger partial charge is 0.265 e. The van der Waals surface area contributed by atoms with Crippen LogP contribution in [0.1, 0.15) is 28.3 Å². The van der Waals surface area contributed by atoms with E-state index >= 15 is 0 Å². The Kier molecular flexibility index (Phi) is 6.30. The highest BCUT2D eigenvalue weighted by molar-refractivity contribution is 6.29. The van der Waals surface area contributed by atoms with E-state index in [0.717, 1.165) is 44.2 Å². The van der Waals surface area contributed by atoms with Gasteiger partial charge in [-0.1, -0.05) is 18.2 Å². The Morgan fingerprint density at radius 3 is 2.57 bits per heavy atom. The minimum absolute atomic E-state index is 0.353. The Labute approximate surface area is 175 Å². The van der Waals surface area contributed by atoms with Crippen LogP contribution in [0.3, 0.4) is 0 Å². The first-order valence-electron chi connectivity index (χ1n) is 10.2. The maximum atomic E-state index is 13.3. The van der Waals surface area contributed by atoms with Crippen molar-refractivity contribution < 1.29 is 18.7 Å². The van der Waals surface area contributed by atoms with Crippen LogP contribution in [-0.4, -0.2) is 62.3 Å². The number of benzene rings is 2. The molecule has 0 aromatic heterocycles. The SMILES string of the molecule is O=C1c2ccccc2[C@H](C=NCCCN2CCOCC2)C(=O)N1c1ccc(F)cc1. The zero-order valence-corrected chi connectivity index (χ0v) is 16.7. The van der Waals surface area contributed by atoms with Crippen molar-refractivity contribution in [2.45, 2.75) is 12.3 Å². The van der Waals surface area contributed by atoms with Crippen LogP contribution in [0.5, 0.6) is 0 Å². The molecule has 30 heavy (non-hydrogen) atoms. The lowest BCUT2D eigenvalue weighted by Crippen LogP contribution is -2.45. The Hall–Kier alpha value is -2.90. The Morgan fingerprint density at radius 1 is 1.07 bits per heavy atom. The molecule has 6 nitrogen and oxygen atoms in total. The molecule has 0 aliphatic carbocycles. The Morgan fingerprint density at radius 2 is 1.80 bits per heavy atom. The van der Waals surface area contributed by atoms with Gasteiger partial charge in [-0.15, -0.1) is 0 Å². The number of anilines is 1. The molecule has 156 valence electrons. The molecule has 2 aliphatic heterocycles. The lowest BCUT2D eigenvalue weighted by molar-refractivity contribution is -0.118. The molecule has 4 rings (SSSR count). The minimum atomic E-state index is -0.646. The zero-order chi connectivity index (χ0) is 20.9. The first-order chi connectivity index (χ1) is 14.6. The maximum absolute atomic E-state index is 13.3. The number of amides is 2. The largest absolute Gasteiger partial charge is 0.379 e. The van der Waals surface area contributed by atoms with Crippen LogP contribution in [0.4, 0.5) is 10.1 Å². The van der Waals surface area contributed by atoms with Crippen molar-refractivity contribution in [3.63, 3.8) is 0 Å². The molecule has 0 unspecified atom stereocenters. The van der Waals surface area contributed by atoms with Crippen molar-refractivity contribution in [3.8, 4) is 0 Å². The number of halogens is 1. The molecule has 7 heteroatoms. The zero-order valence-electron chi connectivity index (χ0n) is 16.7. The summed E-state index contributed by atoms with van der Waals surface area (Å²) < 4.78 is 18.7. The number of rotatable bonds is 6. The number of fused-ring (bicyclic) bond motifs is 1. The van der Waals surface area contributed by atoms with E-state index in [2.05, 4.69) is 9.89 Å². The van der Waals surface area contributed by atoms with Crippen molar-refractivity contribution >= 4 is 23.7 Å². The van der Waals surface area contributed by atoms with Crippen LogP contribution in [0.15, 0.2) is 53.5 Å². The van der Waals surface area contributed by atoms with Gasteiger partial charge in [0.05, 0.1) is 24.8 Å². The minimum Gasteiger partial charge on any atom is -0.379 e. The first kappa shape index (κ1) is 20.4. The topological polar surface area (TPSA) is 62.2 Å². The van der Waals surface area contributed by atoms with Crippen molar-refractivity contribution in [2.24, 2.45) is 4.99 Å². The van der Waals surface area contributed by atoms with E-state index in [1.807, 2.05) is 6.07 Å². The number of hydrogen-bond acceptors (Lipinski definition) is 5. The molecule has 1 saturated heterocycles. The Balaban J connectivity index is 1.50. The first-order valence-corrected chi connectivity index (χ1v) is 10.2. The van der Waals surface area contributed by atoms with Crippen LogP contribution >= 0.6 is 0 Å². The maximum Gasteiger partial charge on any atom is 0.265 e. The van der Waals surface area contributed by atoms with Gasteiger partial charge in [0.15, 0.2) is 0 Å². The molecule has 1 atom stereocenters. The lowest BCUT2D eigenvalue weighted by atomic mass is 9.89. The molecule has 0 radical (unpaired) electrons. The van der Waals surface area contributed by atoms with E-state index in [1.165, 1.54) is 24.3 Å². The molecule has 2 heterocycles. The van der Waals surface area contributed by atoms with Gasteiger partial charge in [0.25, 0.3) is 5.91 Å². The standard InChI is InChI=1S/C23H24FN3O3/c24-17-6-8-18(9-7-17)27-22(28)20-5-2-1-4-19(20)21(23(27)29)16-25-10-3-11-26-12-14-30-15-13-26/h1-2,4-9,16,21H,3,10-15H2/t21-/m0/s1. The second-order valence-electron chi connectivity index (χ2n) is 7.38. The molecule has 2 aromatic carbocycles. The van der Waals surface area contributed by atoms with Gasteiger partial charge in [-0.3, -0.25) is 19.5 Å². The average molecular weight is 409 g/mol. The summed E-state index contributed by atoms with van der Waals surface area (Å²) in [5.41, 5.74) is 1.47. The van der Waals surface area contributed by atoms with E-state index in [4.69, 9.17) is 4.74 Å². The summed E-state index contributed by atoms with van der Waals surface area (Å²) in [6.07, 6.45) is 2.53. The molecule has 0 bridgehead atoms. The van der Waals surface area contributed by atoms with E-state index in [9.17, 15) is 14.0 Å². The number of carbonyl (C=O) groups is 2. The predicted molar refractivity (Wildman–Crippen MR) is 113 cm³/mol. The van der Waals surface area contributed by atoms with Crippen LogP contribution in [0.25, 0.3) is 0 Å². The summed E-state index contributed by atoms with van der Waals surface area (Å²) in [6, 6.07) is 12.4. The molecular weight excluding hydrogens is 385 g/mol. The highest BCUT2D eigenvalue weighted by atomic mass is 19.1. The third-order valence-electron chi connectivity index (χ3n) is 5.42. The van der Waals surface area contributed by atoms with Crippen molar-refractivity contribution in [1.29, 1.82) is 0 Å². The van der Waals surface area contributed by atoms with Gasteiger partial charge in [0.2, 0.25) is 5.91 Å². The fourth-order valence-electron chi connectivity index (χ4n) is 3.82. The highest BCUT2D eigenvalue weighted by Gasteiger charge is 2.38. The summed E-state index contributed by atoms with van der Waals surface area (Å²) in [6.45, 7) is 4.96. The van der Waals surface area contributed by atoms with Gasteiger partial charge >= 0.3 is 0 Å². The van der Waals surface area contributed by atoms with Gasteiger partial charge in [0, 0.05) is 38.0 Å². The van der Waals surface area contributed by atoms with Crippen LogP contribution in [0.2, 0.25) is 0 Å². The molecule has 1 fully saturated rings. The van der Waals surface area contributed by atoms with Crippen LogP contribution in [0, 0.1) is 5.82 Å². The number of carbonyl (C=O) groups excluding carboxylic acids is 2. The van der Waals surface area contributed by atoms with Crippen molar-refractivity contribution in [1.82, 2.24) is 4.90 Å². The van der Waals surface area contributed by atoms with E-state index in [1.54, 1.807) is 24.4 Å². The third kappa shape index (κ3) is 4.32. The normalized spacial score (nSPS) is 20.0. The fourth-order valence-corrected chi connectivity index (χ4v) is 3.82. The monoisotopic (exact) mass is 409 g/mol. The molecule has 2 aliphatic rings. The number of hydrogen-bond donors (Lipinski definition) is 0. The Bertz CT molecular complexity index is 939. The second kappa shape index (κ2) is 9.28. The average Bonchev–Trinajstić information content (AvgIpc) is 2.77. The number of aliphatic imine (C=N–C) groups is 1. The molecule has 0 saturated carbocycles. The summed E-state index contributed by atoms with van der Waals surface area (Å²) in [4.78, 5) is 34.1. The van der Waals surface area contributed by atoms with Crippen molar-refractivity contribution in [2.75, 3.05) is 44.3 Å². The predicted octanol–water partition coefficient (Wildman–Crippen LogP) is 2.89. The van der Waals surface area contributed by atoms with E-state index < -0.39 is 17.6 Å². The summed E-state index contributed by atoms with van der Waals surface area (Å²) >= 11 is 0. The number of nitrogens with zero attached hydrogens (tertiary/aromatic N) is 3. The number of imide groups is 1. The number of ether oxygens (including phenoxy) is 1. The molecule has 2 amide bonds. The van der Waals surface area contributed by atoms with Gasteiger partial charge in [-0.25, -0.2) is 9.29 Å². The van der Waals surface area contributed by atoms with Crippen LogP contribution in [-0.2, 0) is 9.53 Å². The van der Waals surface area contributed by atoms with E-state index in [-0.39, 0.29) is 5.91 Å².